The Morgan fingerprint density at radius 2 is 2.06 bits per heavy atom. The van der Waals surface area contributed by atoms with Gasteiger partial charge >= 0.3 is 0 Å². The molecule has 1 aromatic heterocycles. The molecule has 2 aliphatic heterocycles. The Balaban J connectivity index is 1.23. The van der Waals surface area contributed by atoms with Crippen LogP contribution < -0.4 is 0 Å². The quantitative estimate of drug-likeness (QED) is 0.527. The number of amides is 1. The predicted octanol–water partition coefficient (Wildman–Crippen LogP) is 3.04. The highest BCUT2D eigenvalue weighted by Gasteiger charge is 2.36. The molecule has 2 aromatic carbocycles. The molecule has 36 heavy (non-hydrogen) atoms. The maximum Gasteiger partial charge on any atom is 0.225 e. The summed E-state index contributed by atoms with van der Waals surface area (Å²) in [5.41, 5.74) is 3.20. The monoisotopic (exact) mass is 486 g/mol. The fraction of sp³-hybridized carbons (Fsp3) is 0.360. The third kappa shape index (κ3) is 4.42. The normalized spacial score (nSPS) is 19.8. The van der Waals surface area contributed by atoms with E-state index < -0.39 is 5.82 Å². The SMILES string of the molecule is [C-]#[N+]c1cc(-n2cnnn2)ccc1CC(=O)N1CCN2C[C@@H](c3ccc(F)c([N+]#[C-])c3C)OC[C@H]2C1. The first-order valence-corrected chi connectivity index (χ1v) is 11.5. The lowest BCUT2D eigenvalue weighted by Gasteiger charge is -2.46. The molecule has 0 unspecified atom stereocenters. The van der Waals surface area contributed by atoms with Crippen LogP contribution in [-0.2, 0) is 16.0 Å². The molecule has 3 heterocycles. The van der Waals surface area contributed by atoms with Crippen molar-refractivity contribution in [3.63, 3.8) is 0 Å². The number of hydrogen-bond acceptors (Lipinski definition) is 6. The van der Waals surface area contributed by atoms with Gasteiger partial charge < -0.3 is 9.64 Å². The molecular formula is C25H23FN8O2. The molecule has 0 N–H and O–H groups in total. The Morgan fingerprint density at radius 3 is 2.81 bits per heavy atom. The topological polar surface area (TPSA) is 85.1 Å². The first-order valence-electron chi connectivity index (χ1n) is 11.5. The second-order valence-electron chi connectivity index (χ2n) is 8.89. The van der Waals surface area contributed by atoms with E-state index in [1.165, 1.54) is 17.1 Å². The van der Waals surface area contributed by atoms with Crippen LogP contribution in [0.4, 0.5) is 15.8 Å². The van der Waals surface area contributed by atoms with Crippen molar-refractivity contribution in [2.45, 2.75) is 25.5 Å². The molecule has 0 radical (unpaired) electrons. The van der Waals surface area contributed by atoms with Crippen molar-refractivity contribution in [1.29, 1.82) is 0 Å². The van der Waals surface area contributed by atoms with Crippen molar-refractivity contribution in [1.82, 2.24) is 30.0 Å². The summed E-state index contributed by atoms with van der Waals surface area (Å²) >= 11 is 0. The van der Waals surface area contributed by atoms with Crippen molar-refractivity contribution >= 4 is 17.3 Å². The highest BCUT2D eigenvalue weighted by atomic mass is 19.1. The van der Waals surface area contributed by atoms with E-state index in [9.17, 15) is 9.18 Å². The molecular weight excluding hydrogens is 463 g/mol. The first kappa shape index (κ1) is 23.5. The molecule has 2 aliphatic rings. The Labute approximate surface area is 207 Å². The number of tetrazole rings is 1. The van der Waals surface area contributed by atoms with Gasteiger partial charge in [0.1, 0.15) is 12.1 Å². The van der Waals surface area contributed by atoms with Crippen LogP contribution in [0.25, 0.3) is 15.4 Å². The minimum absolute atomic E-state index is 0.0343. The number of carbonyl (C=O) groups is 1. The minimum Gasteiger partial charge on any atom is -0.371 e. The van der Waals surface area contributed by atoms with E-state index in [2.05, 4.69) is 30.1 Å². The number of nitrogens with zero attached hydrogens (tertiary/aromatic N) is 8. The minimum atomic E-state index is -0.515. The van der Waals surface area contributed by atoms with E-state index in [-0.39, 0.29) is 30.2 Å². The molecule has 11 heteroatoms. The lowest BCUT2D eigenvalue weighted by Crippen LogP contribution is -2.59. The smallest absolute Gasteiger partial charge is 0.225 e. The number of ether oxygens (including phenoxy) is 1. The Kier molecular flexibility index (Phi) is 6.42. The van der Waals surface area contributed by atoms with Crippen LogP contribution in [-0.4, -0.2) is 74.7 Å². The van der Waals surface area contributed by atoms with Crippen LogP contribution in [0, 0.1) is 25.9 Å². The van der Waals surface area contributed by atoms with Gasteiger partial charge in [0.25, 0.3) is 0 Å². The van der Waals surface area contributed by atoms with Gasteiger partial charge in [-0.15, -0.1) is 5.10 Å². The summed E-state index contributed by atoms with van der Waals surface area (Å²) in [5.74, 6) is -0.550. The molecule has 2 saturated heterocycles. The van der Waals surface area contributed by atoms with Crippen molar-refractivity contribution in [3.05, 3.63) is 82.0 Å². The van der Waals surface area contributed by atoms with Crippen LogP contribution in [0.15, 0.2) is 36.7 Å². The largest absolute Gasteiger partial charge is 0.371 e. The van der Waals surface area contributed by atoms with Gasteiger partial charge in [0.2, 0.25) is 11.6 Å². The lowest BCUT2D eigenvalue weighted by molar-refractivity contribution is -0.139. The molecule has 2 fully saturated rings. The number of carbonyl (C=O) groups excluding carboxylic acids is 1. The zero-order valence-electron chi connectivity index (χ0n) is 19.6. The Bertz CT molecular complexity index is 1380. The summed E-state index contributed by atoms with van der Waals surface area (Å²) in [4.78, 5) is 24.2. The first-order chi connectivity index (χ1) is 17.5. The van der Waals surface area contributed by atoms with Crippen molar-refractivity contribution in [2.24, 2.45) is 0 Å². The molecule has 0 spiro atoms. The summed E-state index contributed by atoms with van der Waals surface area (Å²) in [6.07, 6.45) is 1.34. The van der Waals surface area contributed by atoms with Crippen molar-refractivity contribution in [3.8, 4) is 5.69 Å². The second kappa shape index (κ2) is 9.82. The van der Waals surface area contributed by atoms with Crippen LogP contribution in [0.1, 0.15) is 22.8 Å². The summed E-state index contributed by atoms with van der Waals surface area (Å²) in [7, 11) is 0. The van der Waals surface area contributed by atoms with Gasteiger partial charge in [0, 0.05) is 32.6 Å². The maximum absolute atomic E-state index is 13.9. The third-order valence-corrected chi connectivity index (χ3v) is 6.87. The summed E-state index contributed by atoms with van der Waals surface area (Å²) in [6.45, 7) is 19.4. The van der Waals surface area contributed by atoms with Gasteiger partial charge in [-0.3, -0.25) is 9.69 Å². The third-order valence-electron chi connectivity index (χ3n) is 6.87. The van der Waals surface area contributed by atoms with E-state index in [0.29, 0.717) is 55.3 Å². The number of halogens is 1. The zero-order chi connectivity index (χ0) is 25.2. The molecule has 0 aliphatic carbocycles. The number of morpholine rings is 1. The van der Waals surface area contributed by atoms with Crippen LogP contribution in [0.3, 0.4) is 0 Å². The average Bonchev–Trinajstić information content (AvgIpc) is 3.44. The van der Waals surface area contributed by atoms with E-state index in [0.717, 1.165) is 5.56 Å². The maximum atomic E-state index is 13.9. The van der Waals surface area contributed by atoms with Crippen LogP contribution >= 0.6 is 0 Å². The predicted molar refractivity (Wildman–Crippen MR) is 127 cm³/mol. The van der Waals surface area contributed by atoms with E-state index in [1.54, 1.807) is 31.2 Å². The average molecular weight is 487 g/mol. The molecule has 1 amide bonds. The van der Waals surface area contributed by atoms with E-state index >= 15 is 0 Å². The number of benzene rings is 2. The highest BCUT2D eigenvalue weighted by Crippen LogP contribution is 2.34. The van der Waals surface area contributed by atoms with E-state index in [1.807, 2.05) is 4.90 Å². The highest BCUT2D eigenvalue weighted by molar-refractivity contribution is 5.81. The Hall–Kier alpha value is -4.19. The standard InChI is InChI=1S/C25H23FN8O2/c1-16-20(6-7-21(26)25(16)28-3)23-13-32-8-9-33(12-19(32)14-36-23)24(35)10-17-4-5-18(11-22(17)27-2)34-15-29-30-31-34/h4-7,11,15,19,23H,8-10,12-14H2,1H3/t19-,23+/m1/s1. The van der Waals surface area contributed by atoms with Gasteiger partial charge in [0.15, 0.2) is 5.69 Å². The molecule has 0 bridgehead atoms. The number of hydrogen-bond donors (Lipinski definition) is 0. The Morgan fingerprint density at radius 1 is 1.19 bits per heavy atom. The molecule has 3 aromatic rings. The zero-order valence-corrected chi connectivity index (χ0v) is 19.6. The number of rotatable bonds is 4. The van der Waals surface area contributed by atoms with Crippen LogP contribution in [0.5, 0.6) is 0 Å². The van der Waals surface area contributed by atoms with Gasteiger partial charge in [-0.1, -0.05) is 12.1 Å². The summed E-state index contributed by atoms with van der Waals surface area (Å²) < 4.78 is 21.5. The van der Waals surface area contributed by atoms with Gasteiger partial charge in [0.05, 0.1) is 37.6 Å². The number of fused-ring (bicyclic) bond motifs is 1. The lowest BCUT2D eigenvalue weighted by atomic mass is 9.98. The fourth-order valence-electron chi connectivity index (χ4n) is 4.87. The van der Waals surface area contributed by atoms with Crippen molar-refractivity contribution in [2.75, 3.05) is 32.8 Å². The van der Waals surface area contributed by atoms with Gasteiger partial charge in [-0.2, -0.15) is 0 Å². The van der Waals surface area contributed by atoms with Crippen molar-refractivity contribution < 1.29 is 13.9 Å². The van der Waals surface area contributed by atoms with E-state index in [4.69, 9.17) is 17.9 Å². The molecule has 0 saturated carbocycles. The molecule has 10 nitrogen and oxygen atoms in total. The second-order valence-corrected chi connectivity index (χ2v) is 8.89. The van der Waals surface area contributed by atoms with Gasteiger partial charge in [-0.25, -0.2) is 18.8 Å². The fourth-order valence-corrected chi connectivity index (χ4v) is 4.87. The summed E-state index contributed by atoms with van der Waals surface area (Å²) in [5, 5.41) is 11.1. The number of aromatic nitrogens is 4. The van der Waals surface area contributed by atoms with Crippen LogP contribution in [0.2, 0.25) is 0 Å². The van der Waals surface area contributed by atoms with Gasteiger partial charge in [-0.05, 0) is 52.2 Å². The molecule has 5 rings (SSSR count). The molecule has 2 atom stereocenters. The summed E-state index contributed by atoms with van der Waals surface area (Å²) in [6, 6.07) is 8.32. The molecule has 182 valence electrons. The number of piperazine rings is 1.